The van der Waals surface area contributed by atoms with Crippen LogP contribution in [0.15, 0.2) is 46.8 Å². The normalized spacial score (nSPS) is 15.3. The maximum Gasteiger partial charge on any atom is 0.516 e. The van der Waals surface area contributed by atoms with Crippen LogP contribution >= 0.6 is 0 Å². The van der Waals surface area contributed by atoms with E-state index in [1.807, 2.05) is 0 Å². The van der Waals surface area contributed by atoms with E-state index < -0.39 is 33.4 Å². The molecule has 2 N–H and O–H groups in total. The van der Waals surface area contributed by atoms with Gasteiger partial charge in [0, 0.05) is 17.1 Å². The zero-order chi connectivity index (χ0) is 24.3. The van der Waals surface area contributed by atoms with Crippen molar-refractivity contribution in [3.8, 4) is 0 Å². The first kappa shape index (κ1) is 25.2. The SMILES string of the molecule is CCOC(=O)C1=C(C)NC(C)=C(C(=O)OCC)C1c1cccc(NS(=O)(=O)C(F)(F)F)c1. The Bertz CT molecular complexity index is 1040. The minimum atomic E-state index is -5.67. The van der Waals surface area contributed by atoms with Gasteiger partial charge >= 0.3 is 27.5 Å². The van der Waals surface area contributed by atoms with Gasteiger partial charge in [0.05, 0.1) is 30.3 Å². The second-order valence-electron chi connectivity index (χ2n) is 6.75. The van der Waals surface area contributed by atoms with Gasteiger partial charge in [0.15, 0.2) is 0 Å². The van der Waals surface area contributed by atoms with Crippen molar-refractivity contribution in [1.29, 1.82) is 0 Å². The van der Waals surface area contributed by atoms with E-state index >= 15 is 0 Å². The number of sulfonamides is 1. The number of benzene rings is 1. The van der Waals surface area contributed by atoms with Crippen molar-refractivity contribution in [3.63, 3.8) is 0 Å². The van der Waals surface area contributed by atoms with Crippen molar-refractivity contribution < 1.29 is 40.7 Å². The molecule has 12 heteroatoms. The van der Waals surface area contributed by atoms with Gasteiger partial charge in [-0.3, -0.25) is 4.72 Å². The number of nitrogens with one attached hydrogen (secondary N) is 2. The van der Waals surface area contributed by atoms with Gasteiger partial charge < -0.3 is 14.8 Å². The fourth-order valence-electron chi connectivity index (χ4n) is 3.28. The third-order valence-corrected chi connectivity index (χ3v) is 5.64. The van der Waals surface area contributed by atoms with Gasteiger partial charge in [-0.15, -0.1) is 0 Å². The zero-order valence-electron chi connectivity index (χ0n) is 17.8. The summed E-state index contributed by atoms with van der Waals surface area (Å²) < 4.78 is 73.1. The first-order valence-electron chi connectivity index (χ1n) is 9.55. The summed E-state index contributed by atoms with van der Waals surface area (Å²) in [5.41, 5.74) is -4.86. The molecule has 1 aromatic rings. The molecule has 0 fully saturated rings. The highest BCUT2D eigenvalue weighted by molar-refractivity contribution is 7.93. The van der Waals surface area contributed by atoms with Crippen LogP contribution in [0, 0.1) is 0 Å². The average Bonchev–Trinajstić information content (AvgIpc) is 2.66. The summed E-state index contributed by atoms with van der Waals surface area (Å²) in [5, 5.41) is 2.93. The van der Waals surface area contributed by atoms with Crippen LogP contribution < -0.4 is 10.0 Å². The van der Waals surface area contributed by atoms with Crippen LogP contribution in [-0.2, 0) is 29.1 Å². The number of carbonyl (C=O) groups is 2. The van der Waals surface area contributed by atoms with Crippen LogP contribution in [0.1, 0.15) is 39.2 Å². The molecule has 32 heavy (non-hydrogen) atoms. The summed E-state index contributed by atoms with van der Waals surface area (Å²) in [6, 6.07) is 5.01. The third kappa shape index (κ3) is 5.23. The van der Waals surface area contributed by atoms with E-state index in [1.54, 1.807) is 27.7 Å². The van der Waals surface area contributed by atoms with Gasteiger partial charge in [0.1, 0.15) is 0 Å². The maximum atomic E-state index is 12.8. The smallest absolute Gasteiger partial charge is 0.463 e. The molecule has 0 bridgehead atoms. The van der Waals surface area contributed by atoms with Crippen LogP contribution in [-0.4, -0.2) is 39.1 Å². The maximum absolute atomic E-state index is 12.8. The Morgan fingerprint density at radius 1 is 1.03 bits per heavy atom. The standard InChI is InChI=1S/C20H23F3N2O6S/c1-5-30-18(26)15-11(3)24-12(4)16(19(27)31-6-2)17(15)13-8-7-9-14(10-13)25-32(28,29)20(21,22)23/h7-10,17,24-25H,5-6H2,1-4H3. The summed E-state index contributed by atoms with van der Waals surface area (Å²) in [6.45, 7) is 6.45. The molecular formula is C20H23F3N2O6S. The lowest BCUT2D eigenvalue weighted by Gasteiger charge is -2.30. The largest absolute Gasteiger partial charge is 0.516 e. The summed E-state index contributed by atoms with van der Waals surface area (Å²) in [4.78, 5) is 25.4. The highest BCUT2D eigenvalue weighted by atomic mass is 32.2. The molecule has 0 unspecified atom stereocenters. The fourth-order valence-corrected chi connectivity index (χ4v) is 3.83. The quantitative estimate of drug-likeness (QED) is 0.581. The number of rotatable bonds is 7. The number of alkyl halides is 3. The predicted octanol–water partition coefficient (Wildman–Crippen LogP) is 3.31. The van der Waals surface area contributed by atoms with Crippen molar-refractivity contribution in [2.24, 2.45) is 0 Å². The molecule has 0 saturated heterocycles. The molecule has 1 aromatic carbocycles. The summed E-state index contributed by atoms with van der Waals surface area (Å²) in [7, 11) is -5.67. The Kier molecular flexibility index (Phi) is 7.60. The van der Waals surface area contributed by atoms with Crippen molar-refractivity contribution in [1.82, 2.24) is 5.32 Å². The lowest BCUT2D eigenvalue weighted by molar-refractivity contribution is -0.139. The zero-order valence-corrected chi connectivity index (χ0v) is 18.6. The predicted molar refractivity (Wildman–Crippen MR) is 110 cm³/mol. The number of hydrogen-bond acceptors (Lipinski definition) is 7. The molecule has 0 saturated carbocycles. The first-order chi connectivity index (χ1) is 14.8. The van der Waals surface area contributed by atoms with Crippen molar-refractivity contribution in [2.75, 3.05) is 17.9 Å². The van der Waals surface area contributed by atoms with E-state index in [0.717, 1.165) is 12.1 Å². The monoisotopic (exact) mass is 476 g/mol. The molecule has 0 aliphatic carbocycles. The lowest BCUT2D eigenvalue weighted by atomic mass is 9.80. The first-order valence-corrected chi connectivity index (χ1v) is 11.0. The van der Waals surface area contributed by atoms with Crippen molar-refractivity contribution in [2.45, 2.75) is 39.1 Å². The van der Waals surface area contributed by atoms with Crippen molar-refractivity contribution in [3.05, 3.63) is 52.4 Å². The van der Waals surface area contributed by atoms with Crippen LogP contribution in [0.2, 0.25) is 0 Å². The molecule has 8 nitrogen and oxygen atoms in total. The highest BCUT2D eigenvalue weighted by Crippen LogP contribution is 2.40. The fraction of sp³-hybridized carbons (Fsp3) is 0.400. The molecule has 0 radical (unpaired) electrons. The van der Waals surface area contributed by atoms with Crippen LogP contribution in [0.25, 0.3) is 0 Å². The highest BCUT2D eigenvalue weighted by Gasteiger charge is 2.46. The number of halogens is 3. The Morgan fingerprint density at radius 2 is 1.53 bits per heavy atom. The topological polar surface area (TPSA) is 111 Å². The van der Waals surface area contributed by atoms with Gasteiger partial charge in [0.25, 0.3) is 0 Å². The van der Waals surface area contributed by atoms with Crippen LogP contribution in [0.4, 0.5) is 18.9 Å². The van der Waals surface area contributed by atoms with Gasteiger partial charge in [0.2, 0.25) is 0 Å². The summed E-state index contributed by atoms with van der Waals surface area (Å²) >= 11 is 0. The van der Waals surface area contributed by atoms with E-state index in [1.165, 1.54) is 16.9 Å². The Balaban J connectivity index is 2.65. The number of dihydropyridines is 1. The number of carbonyl (C=O) groups excluding carboxylic acids is 2. The van der Waals surface area contributed by atoms with Gasteiger partial charge in [-0.2, -0.15) is 21.6 Å². The van der Waals surface area contributed by atoms with E-state index in [-0.39, 0.29) is 35.6 Å². The molecule has 176 valence electrons. The van der Waals surface area contributed by atoms with Crippen LogP contribution in [0.3, 0.4) is 0 Å². The second-order valence-corrected chi connectivity index (χ2v) is 8.43. The van der Waals surface area contributed by atoms with Gasteiger partial charge in [-0.1, -0.05) is 12.1 Å². The van der Waals surface area contributed by atoms with Crippen molar-refractivity contribution >= 4 is 27.6 Å². The van der Waals surface area contributed by atoms with E-state index in [9.17, 15) is 31.2 Å². The summed E-state index contributed by atoms with van der Waals surface area (Å²) in [6.07, 6.45) is 0. The van der Waals surface area contributed by atoms with Gasteiger partial charge in [-0.25, -0.2) is 9.59 Å². The molecular weight excluding hydrogens is 453 g/mol. The number of esters is 2. The molecule has 0 amide bonds. The minimum absolute atomic E-state index is 0.0468. The number of allylic oxidation sites excluding steroid dienone is 2. The molecule has 1 aliphatic heterocycles. The average molecular weight is 476 g/mol. The molecule has 0 atom stereocenters. The minimum Gasteiger partial charge on any atom is -0.463 e. The second kappa shape index (κ2) is 9.63. The van der Waals surface area contributed by atoms with E-state index in [0.29, 0.717) is 11.4 Å². The molecule has 2 rings (SSSR count). The Morgan fingerprint density at radius 3 is 1.97 bits per heavy atom. The summed E-state index contributed by atoms with van der Waals surface area (Å²) in [5.74, 6) is -2.54. The van der Waals surface area contributed by atoms with Gasteiger partial charge in [-0.05, 0) is 45.4 Å². The molecule has 0 aromatic heterocycles. The lowest BCUT2D eigenvalue weighted by Crippen LogP contribution is -2.33. The third-order valence-electron chi connectivity index (χ3n) is 4.53. The molecule has 0 spiro atoms. The number of ether oxygens (including phenoxy) is 2. The van der Waals surface area contributed by atoms with E-state index in [4.69, 9.17) is 9.47 Å². The number of hydrogen-bond donors (Lipinski definition) is 2. The molecule has 1 aliphatic rings. The van der Waals surface area contributed by atoms with E-state index in [2.05, 4.69) is 5.32 Å². The molecule has 1 heterocycles. The van der Waals surface area contributed by atoms with Crippen LogP contribution in [0.5, 0.6) is 0 Å². The Labute approximate surface area is 183 Å². The number of anilines is 1. The Hall–Kier alpha value is -3.02.